The van der Waals surface area contributed by atoms with Crippen LogP contribution in [0.4, 0.5) is 11.4 Å². The predicted octanol–water partition coefficient (Wildman–Crippen LogP) is -1.11. The Morgan fingerprint density at radius 3 is 1.50 bits per heavy atom. The normalized spacial score (nSPS) is 13.0. The summed E-state index contributed by atoms with van der Waals surface area (Å²) in [5.74, 6) is 0.721. The Bertz CT molecular complexity index is 889. The molecular formula is C18H24As2N2O8S2. The Labute approximate surface area is 201 Å². The molecule has 0 aliphatic heterocycles. The van der Waals surface area contributed by atoms with E-state index in [-0.39, 0.29) is 64.5 Å². The van der Waals surface area contributed by atoms with Gasteiger partial charge >= 0.3 is 202 Å². The summed E-state index contributed by atoms with van der Waals surface area (Å²) < 4.78 is 53.3. The van der Waals surface area contributed by atoms with Gasteiger partial charge in [-0.25, -0.2) is 0 Å². The molecule has 2 rings (SSSR count). The summed E-state index contributed by atoms with van der Waals surface area (Å²) in [5.41, 5.74) is 1.19. The third-order valence-electron chi connectivity index (χ3n) is 3.68. The standard InChI is InChI=1S/C18H24As2N2O8S2/c23-5-7-29-17-3-1-13(9-15(17)21-11-31(25)26)19-20-14-2-4-18(30-8-6-24)16(10-14)22-12-32(27)28/h1-4,9-10,21-24H,5-8,11-12H2,(H,25,26)(H,27,28). The van der Waals surface area contributed by atoms with Crippen LogP contribution in [0, 0.1) is 0 Å². The van der Waals surface area contributed by atoms with E-state index in [0.29, 0.717) is 22.9 Å². The monoisotopic (exact) mass is 610 g/mol. The van der Waals surface area contributed by atoms with Crippen LogP contribution in [-0.2, 0) is 22.2 Å². The molecule has 0 heterocycles. The van der Waals surface area contributed by atoms with E-state index in [4.69, 9.17) is 28.8 Å². The van der Waals surface area contributed by atoms with Crippen LogP contribution >= 0.6 is 0 Å². The number of rotatable bonds is 14. The number of hydrogen-bond donors (Lipinski definition) is 6. The van der Waals surface area contributed by atoms with Gasteiger partial charge in [-0.15, -0.1) is 0 Å². The van der Waals surface area contributed by atoms with Crippen molar-refractivity contribution >= 4 is 68.5 Å². The van der Waals surface area contributed by atoms with Crippen molar-refractivity contribution in [3.8, 4) is 11.5 Å². The van der Waals surface area contributed by atoms with Crippen LogP contribution in [0.2, 0.25) is 0 Å². The number of ether oxygens (including phenoxy) is 2. The van der Waals surface area contributed by atoms with Crippen LogP contribution in [0.25, 0.3) is 0 Å². The van der Waals surface area contributed by atoms with Crippen molar-refractivity contribution in [2.24, 2.45) is 0 Å². The van der Waals surface area contributed by atoms with Crippen molar-refractivity contribution in [1.82, 2.24) is 0 Å². The van der Waals surface area contributed by atoms with E-state index in [1.54, 1.807) is 12.1 Å². The second-order valence-electron chi connectivity index (χ2n) is 5.99. The van der Waals surface area contributed by atoms with Gasteiger partial charge in [-0.1, -0.05) is 0 Å². The van der Waals surface area contributed by atoms with Gasteiger partial charge in [0.15, 0.2) is 0 Å². The molecule has 10 nitrogen and oxygen atoms in total. The van der Waals surface area contributed by atoms with Gasteiger partial charge in [-0.3, -0.25) is 0 Å². The predicted molar refractivity (Wildman–Crippen MR) is 127 cm³/mol. The van der Waals surface area contributed by atoms with E-state index in [9.17, 15) is 8.42 Å². The van der Waals surface area contributed by atoms with Gasteiger partial charge in [0.1, 0.15) is 0 Å². The molecule has 2 aromatic carbocycles. The summed E-state index contributed by atoms with van der Waals surface area (Å²) in [6.45, 7) is -0.0339. The zero-order chi connectivity index (χ0) is 23.3. The van der Waals surface area contributed by atoms with Crippen LogP contribution in [0.3, 0.4) is 0 Å². The molecule has 176 valence electrons. The third-order valence-corrected chi connectivity index (χ3v) is 12.9. The molecule has 0 bridgehead atoms. The van der Waals surface area contributed by atoms with Crippen LogP contribution in [0.15, 0.2) is 36.4 Å². The molecule has 0 spiro atoms. The topological polar surface area (TPSA) is 158 Å². The van der Waals surface area contributed by atoms with Crippen molar-refractivity contribution < 1.29 is 37.2 Å². The molecule has 0 radical (unpaired) electrons. The molecule has 2 aromatic rings. The van der Waals surface area contributed by atoms with Crippen LogP contribution in [0.1, 0.15) is 0 Å². The summed E-state index contributed by atoms with van der Waals surface area (Å²) in [7, 11) is 0. The van der Waals surface area contributed by atoms with E-state index < -0.39 is 22.2 Å². The van der Waals surface area contributed by atoms with Crippen molar-refractivity contribution in [3.05, 3.63) is 36.4 Å². The molecule has 6 N–H and O–H groups in total. The third kappa shape index (κ3) is 9.80. The Morgan fingerprint density at radius 1 is 0.750 bits per heavy atom. The van der Waals surface area contributed by atoms with Gasteiger partial charge in [0.05, 0.1) is 0 Å². The second-order valence-corrected chi connectivity index (χ2v) is 15.2. The molecule has 0 aliphatic carbocycles. The van der Waals surface area contributed by atoms with Crippen LogP contribution in [0.5, 0.6) is 11.5 Å². The molecular weight excluding hydrogens is 586 g/mol. The summed E-state index contributed by atoms with van der Waals surface area (Å²) in [6, 6.07) is 11.2. The average Bonchev–Trinajstić information content (AvgIpc) is 2.78. The quantitative estimate of drug-likeness (QED) is 0.115. The molecule has 0 saturated carbocycles. The maximum atomic E-state index is 11.0. The first-order valence-electron chi connectivity index (χ1n) is 9.22. The fraction of sp³-hybridized carbons (Fsp3) is 0.333. The molecule has 2 unspecified atom stereocenters. The number of benzene rings is 2. The summed E-state index contributed by atoms with van der Waals surface area (Å²) >= 11 is -4.46. The minimum atomic E-state index is -2.01. The molecule has 2 atom stereocenters. The van der Waals surface area contributed by atoms with E-state index in [1.807, 2.05) is 24.3 Å². The fourth-order valence-corrected chi connectivity index (χ4v) is 10.0. The van der Waals surface area contributed by atoms with Gasteiger partial charge in [-0.05, 0) is 0 Å². The summed E-state index contributed by atoms with van der Waals surface area (Å²) in [4.78, 5) is 0. The molecule has 0 fully saturated rings. The first-order chi connectivity index (χ1) is 15.4. The van der Waals surface area contributed by atoms with Crippen LogP contribution in [-0.4, -0.2) is 92.2 Å². The zero-order valence-corrected chi connectivity index (χ0v) is 22.2. The number of nitrogens with one attached hydrogen (secondary N) is 2. The molecule has 0 aromatic heterocycles. The van der Waals surface area contributed by atoms with Crippen molar-refractivity contribution in [3.63, 3.8) is 0 Å². The van der Waals surface area contributed by atoms with Crippen LogP contribution < -0.4 is 28.8 Å². The first-order valence-corrected chi connectivity index (χ1v) is 18.9. The second kappa shape index (κ2) is 14.9. The minimum absolute atomic E-state index is 0.120. The first kappa shape index (κ1) is 27.1. The van der Waals surface area contributed by atoms with E-state index >= 15 is 0 Å². The molecule has 0 amide bonds. The van der Waals surface area contributed by atoms with Gasteiger partial charge in [0, 0.05) is 0 Å². The van der Waals surface area contributed by atoms with Crippen molar-refractivity contribution in [1.29, 1.82) is 0 Å². The van der Waals surface area contributed by atoms with Gasteiger partial charge in [0.2, 0.25) is 0 Å². The molecule has 0 saturated heterocycles. The number of aliphatic hydroxyl groups excluding tert-OH is 2. The van der Waals surface area contributed by atoms with Crippen molar-refractivity contribution in [2.45, 2.75) is 0 Å². The average molecular weight is 610 g/mol. The van der Waals surface area contributed by atoms with Gasteiger partial charge in [-0.2, -0.15) is 0 Å². The van der Waals surface area contributed by atoms with E-state index in [1.165, 1.54) is 0 Å². The maximum absolute atomic E-state index is 11.0. The Balaban J connectivity index is 2.24. The number of anilines is 2. The van der Waals surface area contributed by atoms with E-state index in [2.05, 4.69) is 10.6 Å². The SMILES string of the molecule is O=S(O)CNc1cc([As]=[As]c2ccc(OCCO)c(NCS(=O)O)c2)ccc1OCCO. The summed E-state index contributed by atoms with van der Waals surface area (Å²) in [6.07, 6.45) is 0. The summed E-state index contributed by atoms with van der Waals surface area (Å²) in [5, 5.41) is 23.7. The Kier molecular flexibility index (Phi) is 12.7. The number of aliphatic hydroxyl groups is 2. The van der Waals surface area contributed by atoms with Gasteiger partial charge in [0.25, 0.3) is 0 Å². The fourth-order valence-electron chi connectivity index (χ4n) is 2.39. The Morgan fingerprint density at radius 2 is 1.16 bits per heavy atom. The Hall–Kier alpha value is -1.10. The van der Waals surface area contributed by atoms with Gasteiger partial charge < -0.3 is 0 Å². The van der Waals surface area contributed by atoms with Crippen molar-refractivity contribution in [2.75, 3.05) is 48.8 Å². The molecule has 0 aliphatic rings. The van der Waals surface area contributed by atoms with E-state index in [0.717, 1.165) is 8.70 Å². The number of hydrogen-bond acceptors (Lipinski definition) is 8. The molecule has 14 heteroatoms. The molecule has 32 heavy (non-hydrogen) atoms. The zero-order valence-electron chi connectivity index (χ0n) is 16.8.